The highest BCUT2D eigenvalue weighted by Gasteiger charge is 2.44. The second kappa shape index (κ2) is 14.3. The standard InChI is InChI=1S/C38H47F2N5O4/c1-24-42-43-35(29-19-33(20-29)49-23-25-7-9-28(10-8-25)37(47)48)45(24)32-21-30-11-12-31(22-32)44(30)18-15-34(26-5-3-2-4-6-26)41-36(46)27-13-16-38(39,40)17-14-27/h2-10,27,29-34H,11-23H2,1H3,(H,41,46)(H,47,48)/t29?,30?,31?,32?,33?,34-/m0/s1. The lowest BCUT2D eigenvalue weighted by molar-refractivity contribution is -0.130. The highest BCUT2D eigenvalue weighted by atomic mass is 19.3. The molecule has 2 aliphatic carbocycles. The molecule has 11 heteroatoms. The number of alkyl halides is 2. The van der Waals surface area contributed by atoms with Gasteiger partial charge in [-0.05, 0) is 88.0 Å². The number of nitrogens with one attached hydrogen (secondary N) is 1. The van der Waals surface area contributed by atoms with Gasteiger partial charge in [0.25, 0.3) is 0 Å². The van der Waals surface area contributed by atoms with E-state index in [1.165, 1.54) is 0 Å². The fraction of sp³-hybridized carbons (Fsp3) is 0.579. The zero-order valence-corrected chi connectivity index (χ0v) is 28.1. The molecular weight excluding hydrogens is 628 g/mol. The predicted molar refractivity (Wildman–Crippen MR) is 179 cm³/mol. The second-order valence-electron chi connectivity index (χ2n) is 14.7. The number of carboxylic acids is 1. The minimum Gasteiger partial charge on any atom is -0.478 e. The minimum absolute atomic E-state index is 0.0975. The Hall–Kier alpha value is -3.70. The van der Waals surface area contributed by atoms with Crippen molar-refractivity contribution in [1.82, 2.24) is 25.0 Å². The van der Waals surface area contributed by atoms with E-state index in [0.29, 0.717) is 30.7 Å². The van der Waals surface area contributed by atoms with Gasteiger partial charge in [0.15, 0.2) is 0 Å². The average molecular weight is 676 g/mol. The van der Waals surface area contributed by atoms with Gasteiger partial charge in [0, 0.05) is 49.3 Å². The number of carboxylic acid groups (broad SMARTS) is 1. The Labute approximate surface area is 286 Å². The van der Waals surface area contributed by atoms with Crippen molar-refractivity contribution < 1.29 is 28.2 Å². The first-order valence-corrected chi connectivity index (χ1v) is 18.0. The summed E-state index contributed by atoms with van der Waals surface area (Å²) < 4.78 is 36.1. The fourth-order valence-corrected chi connectivity index (χ4v) is 8.68. The summed E-state index contributed by atoms with van der Waals surface area (Å²) in [7, 11) is 0. The van der Waals surface area contributed by atoms with Crippen LogP contribution in [0.2, 0.25) is 0 Å². The van der Waals surface area contributed by atoms with Gasteiger partial charge in [0.2, 0.25) is 11.8 Å². The number of hydrogen-bond donors (Lipinski definition) is 2. The van der Waals surface area contributed by atoms with Crippen LogP contribution in [0.1, 0.15) is 122 Å². The van der Waals surface area contributed by atoms with E-state index in [0.717, 1.165) is 74.3 Å². The van der Waals surface area contributed by atoms with Crippen molar-refractivity contribution in [2.45, 2.75) is 126 Å². The smallest absolute Gasteiger partial charge is 0.335 e. The van der Waals surface area contributed by atoms with E-state index in [-0.39, 0.29) is 55.2 Å². The maximum atomic E-state index is 13.8. The third-order valence-electron chi connectivity index (χ3n) is 11.5. The molecule has 2 unspecified atom stereocenters. The van der Waals surface area contributed by atoms with Crippen LogP contribution in [-0.2, 0) is 16.1 Å². The summed E-state index contributed by atoms with van der Waals surface area (Å²) in [6.45, 7) is 3.39. The normalized spacial score (nSPS) is 27.4. The molecule has 4 fully saturated rings. The van der Waals surface area contributed by atoms with Gasteiger partial charge in [-0.2, -0.15) is 0 Å². The summed E-state index contributed by atoms with van der Waals surface area (Å²) in [5, 5.41) is 21.6. The van der Waals surface area contributed by atoms with Gasteiger partial charge in [-0.3, -0.25) is 9.69 Å². The van der Waals surface area contributed by atoms with Crippen LogP contribution in [0, 0.1) is 12.8 Å². The third-order valence-corrected chi connectivity index (χ3v) is 11.5. The Kier molecular flexibility index (Phi) is 9.84. The summed E-state index contributed by atoms with van der Waals surface area (Å²) in [6.07, 6.45) is 7.16. The van der Waals surface area contributed by atoms with Gasteiger partial charge >= 0.3 is 5.97 Å². The summed E-state index contributed by atoms with van der Waals surface area (Å²) in [6, 6.07) is 18.0. The van der Waals surface area contributed by atoms with Crippen molar-refractivity contribution in [2.24, 2.45) is 5.92 Å². The molecule has 9 nitrogen and oxygen atoms in total. The van der Waals surface area contributed by atoms with E-state index < -0.39 is 11.9 Å². The molecule has 2 N–H and O–H groups in total. The van der Waals surface area contributed by atoms with Crippen molar-refractivity contribution in [1.29, 1.82) is 0 Å². The molecule has 49 heavy (non-hydrogen) atoms. The first-order chi connectivity index (χ1) is 23.6. The lowest BCUT2D eigenvalue weighted by atomic mass is 9.81. The Morgan fingerprint density at radius 2 is 1.61 bits per heavy atom. The van der Waals surface area contributed by atoms with Crippen LogP contribution in [-0.4, -0.2) is 67.3 Å². The van der Waals surface area contributed by atoms with Crippen LogP contribution in [0.4, 0.5) is 8.78 Å². The van der Waals surface area contributed by atoms with E-state index in [2.05, 4.69) is 31.9 Å². The number of halogens is 2. The number of nitrogens with zero attached hydrogens (tertiary/aromatic N) is 4. The molecule has 1 aromatic heterocycles. The Morgan fingerprint density at radius 3 is 2.27 bits per heavy atom. The lowest BCUT2D eigenvalue weighted by Crippen LogP contribution is -2.45. The number of rotatable bonds is 12. The second-order valence-corrected chi connectivity index (χ2v) is 14.7. The molecule has 1 amide bonds. The highest BCUT2D eigenvalue weighted by molar-refractivity contribution is 5.87. The molecule has 2 saturated carbocycles. The van der Waals surface area contributed by atoms with Crippen LogP contribution in [0.25, 0.3) is 0 Å². The molecule has 3 aromatic rings. The summed E-state index contributed by atoms with van der Waals surface area (Å²) in [4.78, 5) is 27.0. The first kappa shape index (κ1) is 33.8. The molecule has 2 saturated heterocycles. The maximum absolute atomic E-state index is 13.8. The van der Waals surface area contributed by atoms with E-state index in [1.54, 1.807) is 24.3 Å². The van der Waals surface area contributed by atoms with Crippen molar-refractivity contribution in [3.8, 4) is 0 Å². The number of aryl methyl sites for hydroxylation is 1. The number of hydrogen-bond acceptors (Lipinski definition) is 6. The highest BCUT2D eigenvalue weighted by Crippen LogP contribution is 2.45. The SMILES string of the molecule is Cc1nnc(C2CC(OCc3ccc(C(=O)O)cc3)C2)n1C1CC2CCC(C1)N2CC[C@H](NC(=O)C1CCC(F)(F)CC1)c1ccccc1. The molecule has 2 aliphatic heterocycles. The molecule has 3 atom stereocenters. The molecule has 0 radical (unpaired) electrons. The quantitative estimate of drug-likeness (QED) is 0.213. The van der Waals surface area contributed by atoms with Crippen LogP contribution >= 0.6 is 0 Å². The summed E-state index contributed by atoms with van der Waals surface area (Å²) in [5.74, 6) is -1.70. The molecule has 4 aliphatic rings. The number of fused-ring (bicyclic) bond motifs is 2. The van der Waals surface area contributed by atoms with Crippen molar-refractivity contribution in [2.75, 3.05) is 6.54 Å². The number of piperidine rings is 1. The number of carbonyl (C=O) groups excluding carboxylic acids is 1. The van der Waals surface area contributed by atoms with Crippen molar-refractivity contribution >= 4 is 11.9 Å². The molecule has 2 aromatic carbocycles. The number of benzene rings is 2. The summed E-state index contributed by atoms with van der Waals surface area (Å²) in [5.41, 5.74) is 2.29. The van der Waals surface area contributed by atoms with E-state index in [4.69, 9.17) is 9.84 Å². The molecule has 0 spiro atoms. The van der Waals surface area contributed by atoms with Crippen molar-refractivity contribution in [3.05, 3.63) is 82.9 Å². The van der Waals surface area contributed by atoms with Crippen molar-refractivity contribution in [3.63, 3.8) is 0 Å². The number of ether oxygens (including phenoxy) is 1. The lowest BCUT2D eigenvalue weighted by Gasteiger charge is -2.42. The average Bonchev–Trinajstić information content (AvgIpc) is 3.56. The molecule has 262 valence electrons. The van der Waals surface area contributed by atoms with Gasteiger partial charge in [-0.1, -0.05) is 42.5 Å². The molecular formula is C38H47F2N5O4. The van der Waals surface area contributed by atoms with E-state index in [1.807, 2.05) is 30.3 Å². The third kappa shape index (κ3) is 7.57. The van der Waals surface area contributed by atoms with Gasteiger partial charge < -0.3 is 19.7 Å². The number of amides is 1. The Morgan fingerprint density at radius 1 is 0.939 bits per heavy atom. The van der Waals surface area contributed by atoms with Crippen LogP contribution in [0.5, 0.6) is 0 Å². The summed E-state index contributed by atoms with van der Waals surface area (Å²) >= 11 is 0. The number of aromatic nitrogens is 3. The molecule has 2 bridgehead atoms. The fourth-order valence-electron chi connectivity index (χ4n) is 8.68. The monoisotopic (exact) mass is 675 g/mol. The van der Waals surface area contributed by atoms with Gasteiger partial charge in [-0.25, -0.2) is 13.6 Å². The molecule has 3 heterocycles. The topological polar surface area (TPSA) is 110 Å². The zero-order chi connectivity index (χ0) is 34.1. The van der Waals surface area contributed by atoms with Crippen LogP contribution < -0.4 is 5.32 Å². The van der Waals surface area contributed by atoms with Gasteiger partial charge in [0.05, 0.1) is 24.3 Å². The Balaban J connectivity index is 0.941. The van der Waals surface area contributed by atoms with Crippen LogP contribution in [0.3, 0.4) is 0 Å². The first-order valence-electron chi connectivity index (χ1n) is 18.0. The van der Waals surface area contributed by atoms with Gasteiger partial charge in [-0.15, -0.1) is 10.2 Å². The Bertz CT molecular complexity index is 1590. The largest absolute Gasteiger partial charge is 0.478 e. The van der Waals surface area contributed by atoms with Gasteiger partial charge in [0.1, 0.15) is 11.6 Å². The zero-order valence-electron chi connectivity index (χ0n) is 28.1. The predicted octanol–water partition coefficient (Wildman–Crippen LogP) is 6.99. The molecule has 7 rings (SSSR count). The van der Waals surface area contributed by atoms with E-state index >= 15 is 0 Å². The van der Waals surface area contributed by atoms with E-state index in [9.17, 15) is 18.4 Å². The minimum atomic E-state index is -2.65. The maximum Gasteiger partial charge on any atom is 0.335 e. The van der Waals surface area contributed by atoms with Crippen LogP contribution in [0.15, 0.2) is 54.6 Å². The number of carbonyl (C=O) groups is 2. The number of aromatic carboxylic acids is 1.